The Bertz CT molecular complexity index is 372. The Hall–Kier alpha value is -0.540. The minimum atomic E-state index is -0.201. The van der Waals surface area contributed by atoms with Gasteiger partial charge in [-0.1, -0.05) is 35.2 Å². The molecule has 0 aliphatic heterocycles. The van der Waals surface area contributed by atoms with Crippen LogP contribution >= 0.6 is 15.9 Å². The van der Waals surface area contributed by atoms with E-state index >= 15 is 0 Å². The van der Waals surface area contributed by atoms with Crippen LogP contribution in [-0.4, -0.2) is 7.11 Å². The molecule has 1 saturated carbocycles. The van der Waals surface area contributed by atoms with Gasteiger partial charge in [0, 0.05) is 15.6 Å². The molecule has 0 aromatic heterocycles. The fourth-order valence-corrected chi connectivity index (χ4v) is 2.88. The van der Waals surface area contributed by atoms with Crippen molar-refractivity contribution in [1.29, 1.82) is 0 Å². The molecule has 1 aromatic carbocycles. The van der Waals surface area contributed by atoms with Gasteiger partial charge in [0.25, 0.3) is 0 Å². The highest BCUT2D eigenvalue weighted by molar-refractivity contribution is 9.10. The highest BCUT2D eigenvalue weighted by Gasteiger charge is 2.32. The molecule has 1 aliphatic carbocycles. The molecular weight excluding hydrogens is 266 g/mol. The van der Waals surface area contributed by atoms with Gasteiger partial charge in [-0.25, -0.2) is 0 Å². The third kappa shape index (κ3) is 2.25. The van der Waals surface area contributed by atoms with E-state index in [1.54, 1.807) is 7.11 Å². The second-order valence-electron chi connectivity index (χ2n) is 4.56. The van der Waals surface area contributed by atoms with Gasteiger partial charge in [0.05, 0.1) is 7.11 Å². The van der Waals surface area contributed by atoms with Crippen molar-refractivity contribution < 1.29 is 4.74 Å². The van der Waals surface area contributed by atoms with Gasteiger partial charge in [-0.05, 0) is 31.0 Å². The smallest absolute Gasteiger partial charge is 0.123 e. The van der Waals surface area contributed by atoms with Gasteiger partial charge >= 0.3 is 0 Å². The van der Waals surface area contributed by atoms with E-state index in [1.165, 1.54) is 19.3 Å². The van der Waals surface area contributed by atoms with Gasteiger partial charge in [0.15, 0.2) is 0 Å². The third-order valence-corrected chi connectivity index (χ3v) is 3.94. The summed E-state index contributed by atoms with van der Waals surface area (Å²) in [6, 6.07) is 6.08. The van der Waals surface area contributed by atoms with Gasteiger partial charge in [-0.15, -0.1) is 0 Å². The Kier molecular flexibility index (Phi) is 3.55. The average Bonchev–Trinajstić information content (AvgIpc) is 2.30. The highest BCUT2D eigenvalue weighted by atomic mass is 79.9. The van der Waals surface area contributed by atoms with E-state index in [-0.39, 0.29) is 5.54 Å². The molecule has 1 fully saturated rings. The number of rotatable bonds is 2. The molecule has 0 saturated heterocycles. The van der Waals surface area contributed by atoms with Crippen molar-refractivity contribution in [3.05, 3.63) is 28.2 Å². The maximum atomic E-state index is 6.52. The standard InChI is InChI=1S/C13H18BrNO/c1-16-12-6-5-10(14)9-11(12)13(15)7-3-2-4-8-13/h5-6,9H,2-4,7-8,15H2,1H3. The monoisotopic (exact) mass is 283 g/mol. The molecular formula is C13H18BrNO. The molecule has 0 unspecified atom stereocenters. The molecule has 2 rings (SSSR count). The lowest BCUT2D eigenvalue weighted by Gasteiger charge is -2.35. The molecule has 2 N–H and O–H groups in total. The zero-order chi connectivity index (χ0) is 11.6. The van der Waals surface area contributed by atoms with Crippen LogP contribution < -0.4 is 10.5 Å². The van der Waals surface area contributed by atoms with E-state index < -0.39 is 0 Å². The van der Waals surface area contributed by atoms with Gasteiger partial charge in [-0.3, -0.25) is 0 Å². The first kappa shape index (κ1) is 11.9. The molecule has 0 amide bonds. The molecule has 0 heterocycles. The first-order chi connectivity index (χ1) is 7.65. The Balaban J connectivity index is 2.40. The molecule has 1 aromatic rings. The predicted octanol–water partition coefficient (Wildman–Crippen LogP) is 3.58. The summed E-state index contributed by atoms with van der Waals surface area (Å²) in [4.78, 5) is 0. The van der Waals surface area contributed by atoms with Crippen molar-refractivity contribution in [2.24, 2.45) is 5.73 Å². The van der Waals surface area contributed by atoms with Crippen LogP contribution in [0, 0.1) is 0 Å². The normalized spacial score (nSPS) is 19.4. The van der Waals surface area contributed by atoms with E-state index in [0.29, 0.717) is 0 Å². The lowest BCUT2D eigenvalue weighted by molar-refractivity contribution is 0.289. The summed E-state index contributed by atoms with van der Waals surface area (Å²) in [5.41, 5.74) is 7.47. The maximum absolute atomic E-state index is 6.52. The molecule has 0 spiro atoms. The number of nitrogens with two attached hydrogens (primary N) is 1. The minimum Gasteiger partial charge on any atom is -0.496 e. The van der Waals surface area contributed by atoms with E-state index in [9.17, 15) is 0 Å². The Morgan fingerprint density at radius 2 is 1.94 bits per heavy atom. The van der Waals surface area contributed by atoms with Crippen molar-refractivity contribution in [2.75, 3.05) is 7.11 Å². The first-order valence-corrected chi connectivity index (χ1v) is 6.58. The van der Waals surface area contributed by atoms with Crippen LogP contribution in [0.25, 0.3) is 0 Å². The quantitative estimate of drug-likeness (QED) is 0.901. The van der Waals surface area contributed by atoms with Crippen molar-refractivity contribution in [3.8, 4) is 5.75 Å². The molecule has 1 aliphatic rings. The number of benzene rings is 1. The van der Waals surface area contributed by atoms with Crippen molar-refractivity contribution in [2.45, 2.75) is 37.6 Å². The molecule has 0 atom stereocenters. The second-order valence-corrected chi connectivity index (χ2v) is 5.48. The summed E-state index contributed by atoms with van der Waals surface area (Å²) >= 11 is 3.51. The van der Waals surface area contributed by atoms with Crippen LogP contribution in [0.5, 0.6) is 5.75 Å². The summed E-state index contributed by atoms with van der Waals surface area (Å²) in [5, 5.41) is 0. The van der Waals surface area contributed by atoms with Gasteiger partial charge in [0.1, 0.15) is 5.75 Å². The number of methoxy groups -OCH3 is 1. The predicted molar refractivity (Wildman–Crippen MR) is 69.6 cm³/mol. The van der Waals surface area contributed by atoms with E-state index in [0.717, 1.165) is 28.6 Å². The van der Waals surface area contributed by atoms with E-state index in [4.69, 9.17) is 10.5 Å². The molecule has 0 bridgehead atoms. The number of halogens is 1. The zero-order valence-corrected chi connectivity index (χ0v) is 11.2. The largest absolute Gasteiger partial charge is 0.496 e. The Morgan fingerprint density at radius 3 is 2.56 bits per heavy atom. The van der Waals surface area contributed by atoms with Crippen LogP contribution in [-0.2, 0) is 5.54 Å². The topological polar surface area (TPSA) is 35.2 Å². The van der Waals surface area contributed by atoms with Crippen molar-refractivity contribution in [1.82, 2.24) is 0 Å². The van der Waals surface area contributed by atoms with E-state index in [1.807, 2.05) is 12.1 Å². The van der Waals surface area contributed by atoms with Crippen LogP contribution in [0.4, 0.5) is 0 Å². The lowest BCUT2D eigenvalue weighted by Crippen LogP contribution is -2.38. The number of hydrogen-bond acceptors (Lipinski definition) is 2. The summed E-state index contributed by atoms with van der Waals surface area (Å²) in [7, 11) is 1.71. The zero-order valence-electron chi connectivity index (χ0n) is 9.63. The highest BCUT2D eigenvalue weighted by Crippen LogP contribution is 2.40. The van der Waals surface area contributed by atoms with Crippen LogP contribution in [0.3, 0.4) is 0 Å². The fourth-order valence-electron chi connectivity index (χ4n) is 2.52. The second kappa shape index (κ2) is 4.76. The number of ether oxygens (including phenoxy) is 1. The maximum Gasteiger partial charge on any atom is 0.123 e. The Morgan fingerprint density at radius 1 is 1.25 bits per heavy atom. The van der Waals surface area contributed by atoms with Crippen LogP contribution in [0.15, 0.2) is 22.7 Å². The average molecular weight is 284 g/mol. The summed E-state index contributed by atoms with van der Waals surface area (Å²) in [6.07, 6.45) is 5.84. The fraction of sp³-hybridized carbons (Fsp3) is 0.538. The van der Waals surface area contributed by atoms with Crippen LogP contribution in [0.1, 0.15) is 37.7 Å². The summed E-state index contributed by atoms with van der Waals surface area (Å²) < 4.78 is 6.49. The van der Waals surface area contributed by atoms with Gasteiger partial charge in [0.2, 0.25) is 0 Å². The molecule has 0 radical (unpaired) electrons. The molecule has 3 heteroatoms. The van der Waals surface area contributed by atoms with Gasteiger partial charge < -0.3 is 10.5 Å². The first-order valence-electron chi connectivity index (χ1n) is 5.79. The third-order valence-electron chi connectivity index (χ3n) is 3.44. The molecule has 2 nitrogen and oxygen atoms in total. The number of hydrogen-bond donors (Lipinski definition) is 1. The van der Waals surface area contributed by atoms with Gasteiger partial charge in [-0.2, -0.15) is 0 Å². The van der Waals surface area contributed by atoms with Crippen molar-refractivity contribution >= 4 is 15.9 Å². The molecule has 88 valence electrons. The summed E-state index contributed by atoms with van der Waals surface area (Å²) in [5.74, 6) is 0.910. The van der Waals surface area contributed by atoms with E-state index in [2.05, 4.69) is 22.0 Å². The lowest BCUT2D eigenvalue weighted by atomic mass is 9.77. The molecule has 16 heavy (non-hydrogen) atoms. The SMILES string of the molecule is COc1ccc(Br)cc1C1(N)CCCCC1. The minimum absolute atomic E-state index is 0.201. The summed E-state index contributed by atoms with van der Waals surface area (Å²) in [6.45, 7) is 0. The van der Waals surface area contributed by atoms with Crippen molar-refractivity contribution in [3.63, 3.8) is 0 Å². The Labute approximate surface area is 105 Å². The van der Waals surface area contributed by atoms with Crippen LogP contribution in [0.2, 0.25) is 0 Å².